The van der Waals surface area contributed by atoms with Crippen molar-refractivity contribution >= 4 is 10.0 Å². The van der Waals surface area contributed by atoms with Crippen LogP contribution in [0.15, 0.2) is 0 Å². The molecule has 1 saturated carbocycles. The Kier molecular flexibility index (Phi) is 5.62. The smallest absolute Gasteiger partial charge is 0.211 e. The van der Waals surface area contributed by atoms with Crippen molar-refractivity contribution in [3.63, 3.8) is 0 Å². The van der Waals surface area contributed by atoms with Crippen molar-refractivity contribution in [2.45, 2.75) is 51.2 Å². The van der Waals surface area contributed by atoms with Gasteiger partial charge in [-0.05, 0) is 45.6 Å². The molecule has 2 N–H and O–H groups in total. The van der Waals surface area contributed by atoms with Gasteiger partial charge in [-0.25, -0.2) is 13.1 Å². The number of hydrogen-bond acceptors (Lipinski definition) is 4. The van der Waals surface area contributed by atoms with E-state index in [0.29, 0.717) is 18.5 Å². The normalized spacial score (nSPS) is 27.8. The Morgan fingerprint density at radius 3 is 2.63 bits per heavy atom. The zero-order chi connectivity index (χ0) is 13.7. The monoisotopic (exact) mass is 290 g/mol. The zero-order valence-electron chi connectivity index (χ0n) is 11.7. The highest BCUT2D eigenvalue weighted by Gasteiger charge is 2.25. The lowest BCUT2D eigenvalue weighted by atomic mass is 10.0. The van der Waals surface area contributed by atoms with Gasteiger partial charge in [0.1, 0.15) is 0 Å². The lowest BCUT2D eigenvalue weighted by Gasteiger charge is -2.14. The Balaban J connectivity index is 1.55. The van der Waals surface area contributed by atoms with Gasteiger partial charge in [0, 0.05) is 25.1 Å². The SMILES string of the molecule is CC1OCCC1CNS(=O)(=O)CCCCNC1CC1. The third-order valence-corrected chi connectivity index (χ3v) is 5.38. The molecule has 112 valence electrons. The van der Waals surface area contributed by atoms with Crippen molar-refractivity contribution in [3.05, 3.63) is 0 Å². The molecule has 0 aromatic heterocycles. The van der Waals surface area contributed by atoms with Crippen LogP contribution < -0.4 is 10.0 Å². The van der Waals surface area contributed by atoms with Gasteiger partial charge < -0.3 is 10.1 Å². The standard InChI is InChI=1S/C13H26N2O3S/c1-11-12(6-8-18-11)10-15-19(16,17)9-3-2-7-14-13-4-5-13/h11-15H,2-10H2,1H3. The summed E-state index contributed by atoms with van der Waals surface area (Å²) >= 11 is 0. The Morgan fingerprint density at radius 2 is 2.00 bits per heavy atom. The lowest BCUT2D eigenvalue weighted by Crippen LogP contribution is -2.33. The second-order valence-corrected chi connectivity index (χ2v) is 7.65. The topological polar surface area (TPSA) is 67.4 Å². The molecule has 0 spiro atoms. The highest BCUT2D eigenvalue weighted by Crippen LogP contribution is 2.19. The number of ether oxygens (including phenoxy) is 1. The maximum Gasteiger partial charge on any atom is 0.211 e. The molecule has 0 aromatic rings. The van der Waals surface area contributed by atoms with Crippen LogP contribution in [0.2, 0.25) is 0 Å². The largest absolute Gasteiger partial charge is 0.378 e. The molecular formula is C13H26N2O3S. The summed E-state index contributed by atoms with van der Waals surface area (Å²) < 4.78 is 31.8. The highest BCUT2D eigenvalue weighted by molar-refractivity contribution is 7.89. The summed E-state index contributed by atoms with van der Waals surface area (Å²) in [7, 11) is -3.11. The average molecular weight is 290 g/mol. The third kappa shape index (κ3) is 5.77. The van der Waals surface area contributed by atoms with Crippen molar-refractivity contribution < 1.29 is 13.2 Å². The Bertz CT molecular complexity index is 368. The minimum Gasteiger partial charge on any atom is -0.378 e. The van der Waals surface area contributed by atoms with Gasteiger partial charge in [-0.1, -0.05) is 0 Å². The zero-order valence-corrected chi connectivity index (χ0v) is 12.5. The summed E-state index contributed by atoms with van der Waals surface area (Å²) in [5, 5.41) is 3.39. The van der Waals surface area contributed by atoms with E-state index in [9.17, 15) is 8.42 Å². The van der Waals surface area contributed by atoms with Crippen molar-refractivity contribution in [2.75, 3.05) is 25.4 Å². The van der Waals surface area contributed by atoms with Crippen LogP contribution >= 0.6 is 0 Å². The Morgan fingerprint density at radius 1 is 1.21 bits per heavy atom. The second kappa shape index (κ2) is 7.02. The van der Waals surface area contributed by atoms with Gasteiger partial charge in [0.05, 0.1) is 11.9 Å². The molecule has 2 atom stereocenters. The summed E-state index contributed by atoms with van der Waals surface area (Å²) in [6, 6.07) is 0.707. The van der Waals surface area contributed by atoms with Gasteiger partial charge in [-0.2, -0.15) is 0 Å². The van der Waals surface area contributed by atoms with Crippen LogP contribution in [0, 0.1) is 5.92 Å². The lowest BCUT2D eigenvalue weighted by molar-refractivity contribution is 0.107. The molecular weight excluding hydrogens is 264 g/mol. The number of rotatable bonds is 9. The van der Waals surface area contributed by atoms with Crippen LogP contribution in [0.3, 0.4) is 0 Å². The second-order valence-electron chi connectivity index (χ2n) is 5.73. The van der Waals surface area contributed by atoms with E-state index in [0.717, 1.165) is 32.4 Å². The van der Waals surface area contributed by atoms with Gasteiger partial charge in [0.2, 0.25) is 10.0 Å². The first-order valence-corrected chi connectivity index (χ1v) is 9.04. The van der Waals surface area contributed by atoms with E-state index in [1.54, 1.807) is 0 Å². The number of hydrogen-bond donors (Lipinski definition) is 2. The quantitative estimate of drug-likeness (QED) is 0.618. The fourth-order valence-corrected chi connectivity index (χ4v) is 3.56. The van der Waals surface area contributed by atoms with Crippen LogP contribution in [0.5, 0.6) is 0 Å². The van der Waals surface area contributed by atoms with E-state index in [1.165, 1.54) is 12.8 Å². The van der Waals surface area contributed by atoms with Gasteiger partial charge in [-0.3, -0.25) is 0 Å². The van der Waals surface area contributed by atoms with Gasteiger partial charge in [-0.15, -0.1) is 0 Å². The first kappa shape index (κ1) is 15.2. The molecule has 1 saturated heterocycles. The van der Waals surface area contributed by atoms with E-state index in [1.807, 2.05) is 6.92 Å². The van der Waals surface area contributed by atoms with E-state index >= 15 is 0 Å². The molecule has 2 fully saturated rings. The molecule has 2 aliphatic rings. The van der Waals surface area contributed by atoms with Crippen molar-refractivity contribution in [1.82, 2.24) is 10.0 Å². The highest BCUT2D eigenvalue weighted by atomic mass is 32.2. The first-order chi connectivity index (χ1) is 9.07. The fraction of sp³-hybridized carbons (Fsp3) is 1.00. The molecule has 6 heteroatoms. The van der Waals surface area contributed by atoms with E-state index < -0.39 is 10.0 Å². The van der Waals surface area contributed by atoms with Crippen molar-refractivity contribution in [3.8, 4) is 0 Å². The Labute approximate surface area is 116 Å². The van der Waals surface area contributed by atoms with Crippen LogP contribution in [0.1, 0.15) is 39.0 Å². The maximum atomic E-state index is 11.8. The van der Waals surface area contributed by atoms with Gasteiger partial charge in [0.25, 0.3) is 0 Å². The molecule has 0 radical (unpaired) electrons. The van der Waals surface area contributed by atoms with Crippen molar-refractivity contribution in [2.24, 2.45) is 5.92 Å². The summed E-state index contributed by atoms with van der Waals surface area (Å²) in [6.45, 7) is 4.22. The molecule has 1 aliphatic carbocycles. The molecule has 2 unspecified atom stereocenters. The van der Waals surface area contributed by atoms with Gasteiger partial charge >= 0.3 is 0 Å². The third-order valence-electron chi connectivity index (χ3n) is 3.95. The fourth-order valence-electron chi connectivity index (χ4n) is 2.36. The minimum atomic E-state index is -3.11. The number of sulfonamides is 1. The molecule has 1 aliphatic heterocycles. The van der Waals surface area contributed by atoms with E-state index in [-0.39, 0.29) is 11.9 Å². The molecule has 19 heavy (non-hydrogen) atoms. The summed E-state index contributed by atoms with van der Waals surface area (Å²) in [4.78, 5) is 0. The predicted molar refractivity (Wildman–Crippen MR) is 75.6 cm³/mol. The predicted octanol–water partition coefficient (Wildman–Crippen LogP) is 0.863. The maximum absolute atomic E-state index is 11.8. The number of unbranched alkanes of at least 4 members (excludes halogenated alkanes) is 1. The molecule has 0 aromatic carbocycles. The molecule has 5 nitrogen and oxygen atoms in total. The van der Waals surface area contributed by atoms with Gasteiger partial charge in [0.15, 0.2) is 0 Å². The van der Waals surface area contributed by atoms with E-state index in [4.69, 9.17) is 4.74 Å². The number of nitrogens with one attached hydrogen (secondary N) is 2. The van der Waals surface area contributed by atoms with Crippen molar-refractivity contribution in [1.29, 1.82) is 0 Å². The summed E-state index contributed by atoms with van der Waals surface area (Å²) in [5.74, 6) is 0.563. The molecule has 1 heterocycles. The van der Waals surface area contributed by atoms with Crippen LogP contribution in [-0.2, 0) is 14.8 Å². The van der Waals surface area contributed by atoms with Crippen LogP contribution in [0.4, 0.5) is 0 Å². The van der Waals surface area contributed by atoms with E-state index in [2.05, 4.69) is 10.0 Å². The first-order valence-electron chi connectivity index (χ1n) is 7.39. The molecule has 2 rings (SSSR count). The molecule has 0 bridgehead atoms. The Hall–Kier alpha value is -0.170. The summed E-state index contributed by atoms with van der Waals surface area (Å²) in [6.07, 6.45) is 5.34. The average Bonchev–Trinajstić information content (AvgIpc) is 3.08. The minimum absolute atomic E-state index is 0.172. The summed E-state index contributed by atoms with van der Waals surface area (Å²) in [5.41, 5.74) is 0. The molecule has 0 amide bonds. The van der Waals surface area contributed by atoms with Crippen LogP contribution in [0.25, 0.3) is 0 Å². The van der Waals surface area contributed by atoms with Crippen LogP contribution in [-0.4, -0.2) is 46.0 Å².